The first-order valence-electron chi connectivity index (χ1n) is 12.5. The van der Waals surface area contributed by atoms with Crippen LogP contribution in [0.5, 0.6) is 0 Å². The van der Waals surface area contributed by atoms with Gasteiger partial charge in [-0.05, 0) is 50.6 Å². The lowest BCUT2D eigenvalue weighted by Crippen LogP contribution is -2.50. The summed E-state index contributed by atoms with van der Waals surface area (Å²) in [6.45, 7) is 6.94. The molecule has 1 unspecified atom stereocenters. The van der Waals surface area contributed by atoms with Crippen LogP contribution in [0.1, 0.15) is 39.2 Å². The van der Waals surface area contributed by atoms with Gasteiger partial charge in [0.2, 0.25) is 17.7 Å². The maximum Gasteiger partial charge on any atom is 0.243 e. The molecular weight excluding hydrogens is 486 g/mol. The average Bonchev–Trinajstić information content (AvgIpc) is 2.84. The van der Waals surface area contributed by atoms with Crippen LogP contribution in [-0.2, 0) is 20.9 Å². The Morgan fingerprint density at radius 3 is 2.26 bits per heavy atom. The Balaban J connectivity index is 0.00000175. The summed E-state index contributed by atoms with van der Waals surface area (Å²) in [6.07, 6.45) is 2.50. The van der Waals surface area contributed by atoms with E-state index in [0.717, 1.165) is 22.4 Å². The lowest BCUT2D eigenvalue weighted by molar-refractivity contribution is -0.129. The molecule has 38 heavy (non-hydrogen) atoms. The van der Waals surface area contributed by atoms with Crippen LogP contribution in [0.3, 0.4) is 0 Å². The van der Waals surface area contributed by atoms with Crippen LogP contribution in [-0.4, -0.2) is 68.4 Å². The standard InChI is InChI=1S/C20H28N8O3.C4H10.C2H7N/c21-17(29)11-27-19(31)16(6-3-7-25-20(22)23)28-18(30)12-24-9-13-8-14-4-1-2-5-15(14)26-10-13;1-4(2)3;1-3-2/h1-2,4-5,8,10,16,24H,3,6-7,9,11-12H2,(H2,21,29)(H,27,31)(H,28,30)(H4,22,23,25);4H,1-3H3;3H,1-2H3. The molecular formula is C26H45N9O3. The summed E-state index contributed by atoms with van der Waals surface area (Å²) in [5.41, 5.74) is 17.4. The molecule has 0 radical (unpaired) electrons. The molecule has 2 aromatic rings. The number of hydrogen-bond donors (Lipinski definition) is 7. The van der Waals surface area contributed by atoms with Crippen molar-refractivity contribution < 1.29 is 14.4 Å². The molecule has 0 saturated carbocycles. The van der Waals surface area contributed by atoms with Crippen LogP contribution in [0.25, 0.3) is 10.9 Å². The topological polar surface area (TPSA) is 203 Å². The summed E-state index contributed by atoms with van der Waals surface area (Å²) in [4.78, 5) is 43.7. The van der Waals surface area contributed by atoms with Gasteiger partial charge >= 0.3 is 0 Å². The summed E-state index contributed by atoms with van der Waals surface area (Å²) >= 11 is 0. The highest BCUT2D eigenvalue weighted by Crippen LogP contribution is 2.12. The highest BCUT2D eigenvalue weighted by atomic mass is 16.2. The molecule has 0 saturated heterocycles. The number of pyridine rings is 1. The molecule has 1 aromatic carbocycles. The van der Waals surface area contributed by atoms with Crippen molar-refractivity contribution >= 4 is 34.6 Å². The molecule has 12 nitrogen and oxygen atoms in total. The highest BCUT2D eigenvalue weighted by molar-refractivity contribution is 5.90. The van der Waals surface area contributed by atoms with E-state index in [1.165, 1.54) is 0 Å². The predicted molar refractivity (Wildman–Crippen MR) is 153 cm³/mol. The second-order valence-corrected chi connectivity index (χ2v) is 9.12. The number of carbonyl (C=O) groups is 3. The molecule has 212 valence electrons. The maximum absolute atomic E-state index is 12.3. The smallest absolute Gasteiger partial charge is 0.243 e. The molecule has 12 heteroatoms. The Morgan fingerprint density at radius 2 is 1.66 bits per heavy atom. The second-order valence-electron chi connectivity index (χ2n) is 9.12. The number of nitrogens with one attached hydrogen (secondary N) is 4. The van der Waals surface area contributed by atoms with E-state index in [2.05, 4.69) is 52.0 Å². The number of benzene rings is 1. The van der Waals surface area contributed by atoms with Gasteiger partial charge in [0.15, 0.2) is 5.96 Å². The molecule has 0 spiro atoms. The Labute approximate surface area is 225 Å². The van der Waals surface area contributed by atoms with E-state index in [4.69, 9.17) is 17.2 Å². The van der Waals surface area contributed by atoms with Gasteiger partial charge in [0.05, 0.1) is 18.6 Å². The Hall–Kier alpha value is -3.77. The maximum atomic E-state index is 12.3. The van der Waals surface area contributed by atoms with Gasteiger partial charge < -0.3 is 38.5 Å². The lowest BCUT2D eigenvalue weighted by Gasteiger charge is -2.18. The third kappa shape index (κ3) is 17.6. The minimum absolute atomic E-state index is 0.000325. The number of aliphatic imine (C=N–C) groups is 1. The number of para-hydroxylation sites is 1. The summed E-state index contributed by atoms with van der Waals surface area (Å²) in [5.74, 6) is -0.763. The minimum atomic E-state index is -0.842. The monoisotopic (exact) mass is 531 g/mol. The summed E-state index contributed by atoms with van der Waals surface area (Å²) in [6, 6.07) is 8.91. The summed E-state index contributed by atoms with van der Waals surface area (Å²) < 4.78 is 0. The number of amides is 3. The number of carbonyl (C=O) groups excluding carboxylic acids is 3. The number of hydrogen-bond acceptors (Lipinski definition) is 7. The fraction of sp³-hybridized carbons (Fsp3) is 0.500. The van der Waals surface area contributed by atoms with Crippen molar-refractivity contribution in [1.29, 1.82) is 0 Å². The van der Waals surface area contributed by atoms with E-state index in [1.54, 1.807) is 6.20 Å². The van der Waals surface area contributed by atoms with E-state index in [1.807, 2.05) is 44.4 Å². The normalized spacial score (nSPS) is 10.8. The Morgan fingerprint density at radius 1 is 1.03 bits per heavy atom. The van der Waals surface area contributed by atoms with E-state index in [0.29, 0.717) is 25.9 Å². The van der Waals surface area contributed by atoms with Crippen molar-refractivity contribution in [2.45, 2.75) is 46.2 Å². The van der Waals surface area contributed by atoms with E-state index < -0.39 is 17.9 Å². The Bertz CT molecular complexity index is 1010. The van der Waals surface area contributed by atoms with Gasteiger partial charge in [0, 0.05) is 24.7 Å². The number of rotatable bonds is 12. The van der Waals surface area contributed by atoms with Gasteiger partial charge in [0.1, 0.15) is 6.04 Å². The number of aromatic nitrogens is 1. The van der Waals surface area contributed by atoms with Gasteiger partial charge in [0.25, 0.3) is 0 Å². The average molecular weight is 532 g/mol. The highest BCUT2D eigenvalue weighted by Gasteiger charge is 2.20. The molecule has 0 fully saturated rings. The molecule has 1 aromatic heterocycles. The van der Waals surface area contributed by atoms with E-state index in [9.17, 15) is 14.4 Å². The van der Waals surface area contributed by atoms with Crippen LogP contribution in [0.2, 0.25) is 0 Å². The van der Waals surface area contributed by atoms with Crippen LogP contribution in [0.4, 0.5) is 0 Å². The first-order chi connectivity index (χ1) is 18.0. The lowest BCUT2D eigenvalue weighted by atomic mass is 10.1. The second kappa shape index (κ2) is 20.3. The third-order valence-electron chi connectivity index (χ3n) is 4.30. The van der Waals surface area contributed by atoms with Crippen molar-refractivity contribution in [3.63, 3.8) is 0 Å². The molecule has 0 bridgehead atoms. The zero-order valence-electron chi connectivity index (χ0n) is 23.2. The van der Waals surface area contributed by atoms with Gasteiger partial charge in [-0.3, -0.25) is 24.4 Å². The first-order valence-corrected chi connectivity index (χ1v) is 12.5. The van der Waals surface area contributed by atoms with Gasteiger partial charge in [-0.2, -0.15) is 0 Å². The molecule has 10 N–H and O–H groups in total. The van der Waals surface area contributed by atoms with Crippen LogP contribution in [0, 0.1) is 5.92 Å². The van der Waals surface area contributed by atoms with Crippen molar-refractivity contribution in [3.05, 3.63) is 42.1 Å². The van der Waals surface area contributed by atoms with Gasteiger partial charge in [-0.15, -0.1) is 0 Å². The van der Waals surface area contributed by atoms with Crippen LogP contribution in [0.15, 0.2) is 41.5 Å². The first kappa shape index (κ1) is 34.2. The molecule has 0 aliphatic rings. The van der Waals surface area contributed by atoms with E-state index >= 15 is 0 Å². The number of nitrogens with two attached hydrogens (primary N) is 3. The number of primary amides is 1. The zero-order chi connectivity index (χ0) is 28.9. The van der Waals surface area contributed by atoms with Crippen molar-refractivity contribution in [3.8, 4) is 0 Å². The van der Waals surface area contributed by atoms with Crippen molar-refractivity contribution in [2.24, 2.45) is 28.1 Å². The minimum Gasteiger partial charge on any atom is -0.370 e. The quantitative estimate of drug-likeness (QED) is 0.112. The summed E-state index contributed by atoms with van der Waals surface area (Å²) in [7, 11) is 3.75. The number of nitrogens with zero attached hydrogens (tertiary/aromatic N) is 2. The molecule has 3 amide bonds. The number of guanidine groups is 1. The van der Waals surface area contributed by atoms with Crippen LogP contribution >= 0.6 is 0 Å². The van der Waals surface area contributed by atoms with Gasteiger partial charge in [-0.1, -0.05) is 39.0 Å². The molecule has 0 aliphatic heterocycles. The fourth-order valence-electron chi connectivity index (χ4n) is 2.85. The molecule has 0 aliphatic carbocycles. The number of fused-ring (bicyclic) bond motifs is 1. The predicted octanol–water partition coefficient (Wildman–Crippen LogP) is -0.0378. The molecule has 2 rings (SSSR count). The summed E-state index contributed by atoms with van der Waals surface area (Å²) in [5, 5.41) is 11.8. The fourth-order valence-corrected chi connectivity index (χ4v) is 2.85. The molecule has 1 atom stereocenters. The Kier molecular flexibility index (Phi) is 18.3. The molecule has 1 heterocycles. The third-order valence-corrected chi connectivity index (χ3v) is 4.30. The largest absolute Gasteiger partial charge is 0.370 e. The van der Waals surface area contributed by atoms with Crippen LogP contribution < -0.4 is 38.5 Å². The van der Waals surface area contributed by atoms with Crippen molar-refractivity contribution in [1.82, 2.24) is 26.3 Å². The van der Waals surface area contributed by atoms with Gasteiger partial charge in [-0.25, -0.2) is 0 Å². The van der Waals surface area contributed by atoms with Crippen molar-refractivity contribution in [2.75, 3.05) is 33.7 Å². The zero-order valence-corrected chi connectivity index (χ0v) is 23.2. The van der Waals surface area contributed by atoms with E-state index in [-0.39, 0.29) is 25.0 Å². The SMILES string of the molecule is CC(C)C.CNC.NC(=O)CNC(=O)C(CCCN=C(N)N)NC(=O)CNCc1cnc2ccccc2c1.